The summed E-state index contributed by atoms with van der Waals surface area (Å²) < 4.78 is 14.0. The van der Waals surface area contributed by atoms with Crippen LogP contribution in [0.2, 0.25) is 0 Å². The molecule has 3 aromatic rings. The molecule has 0 bridgehead atoms. The fraction of sp³-hybridized carbons (Fsp3) is 0.0625. The molecule has 0 spiro atoms. The number of hydrogen-bond acceptors (Lipinski definition) is 2. The second kappa shape index (κ2) is 5.95. The summed E-state index contributed by atoms with van der Waals surface area (Å²) >= 11 is 4.67. The first-order valence-corrected chi connectivity index (χ1v) is 8.25. The highest BCUT2D eigenvalue weighted by Gasteiger charge is 2.11. The summed E-state index contributed by atoms with van der Waals surface area (Å²) in [6.45, 7) is 0. The Labute approximate surface area is 133 Å². The van der Waals surface area contributed by atoms with Gasteiger partial charge in [0.1, 0.15) is 5.82 Å². The lowest BCUT2D eigenvalue weighted by molar-refractivity contribution is 0.103. The Morgan fingerprint density at radius 3 is 2.86 bits per heavy atom. The smallest absolute Gasteiger partial charge is 0.265 e. The van der Waals surface area contributed by atoms with Crippen LogP contribution in [0.1, 0.15) is 15.2 Å². The second-order valence-electron chi connectivity index (χ2n) is 4.58. The third kappa shape index (κ3) is 3.14. The van der Waals surface area contributed by atoms with Crippen LogP contribution in [-0.4, -0.2) is 5.91 Å². The van der Waals surface area contributed by atoms with Gasteiger partial charge in [0.25, 0.3) is 5.91 Å². The van der Waals surface area contributed by atoms with E-state index in [1.54, 1.807) is 12.1 Å². The van der Waals surface area contributed by atoms with Gasteiger partial charge in [0.05, 0.1) is 4.88 Å². The monoisotopic (exact) mass is 363 g/mol. The number of carbonyl (C=O) groups is 1. The molecule has 21 heavy (non-hydrogen) atoms. The van der Waals surface area contributed by atoms with Crippen LogP contribution >= 0.6 is 27.3 Å². The molecule has 106 valence electrons. The third-order valence-electron chi connectivity index (χ3n) is 3.05. The van der Waals surface area contributed by atoms with Gasteiger partial charge in [0.2, 0.25) is 0 Å². The molecular weight excluding hydrogens is 353 g/mol. The Balaban J connectivity index is 1.86. The van der Waals surface area contributed by atoms with E-state index in [1.807, 2.05) is 24.3 Å². The van der Waals surface area contributed by atoms with Crippen molar-refractivity contribution in [2.45, 2.75) is 5.33 Å². The van der Waals surface area contributed by atoms with Crippen LogP contribution in [0, 0.1) is 5.82 Å². The van der Waals surface area contributed by atoms with Crippen LogP contribution in [-0.2, 0) is 5.33 Å². The van der Waals surface area contributed by atoms with Gasteiger partial charge in [-0.15, -0.1) is 11.3 Å². The Kier molecular flexibility index (Phi) is 4.03. The number of fused-ring (bicyclic) bond motifs is 1. The maximum absolute atomic E-state index is 13.2. The van der Waals surface area contributed by atoms with Gasteiger partial charge in [-0.25, -0.2) is 4.39 Å². The Bertz CT molecular complexity index is 815. The van der Waals surface area contributed by atoms with Crippen molar-refractivity contribution < 1.29 is 9.18 Å². The van der Waals surface area contributed by atoms with Crippen LogP contribution in [0.3, 0.4) is 0 Å². The van der Waals surface area contributed by atoms with Crippen molar-refractivity contribution in [2.24, 2.45) is 0 Å². The molecule has 1 aromatic heterocycles. The Hall–Kier alpha value is -1.72. The molecule has 0 fully saturated rings. The van der Waals surface area contributed by atoms with Gasteiger partial charge in [0, 0.05) is 15.7 Å². The van der Waals surface area contributed by atoms with Gasteiger partial charge in [-0.3, -0.25) is 4.79 Å². The zero-order valence-electron chi connectivity index (χ0n) is 10.9. The van der Waals surface area contributed by atoms with E-state index in [9.17, 15) is 9.18 Å². The van der Waals surface area contributed by atoms with E-state index in [-0.39, 0.29) is 11.7 Å². The number of nitrogens with one attached hydrogen (secondary N) is 1. The highest BCUT2D eigenvalue weighted by atomic mass is 79.9. The van der Waals surface area contributed by atoms with E-state index in [4.69, 9.17) is 0 Å². The number of benzene rings is 2. The van der Waals surface area contributed by atoms with E-state index in [0.717, 1.165) is 26.7 Å². The van der Waals surface area contributed by atoms with Gasteiger partial charge in [-0.2, -0.15) is 0 Å². The zero-order valence-corrected chi connectivity index (χ0v) is 13.3. The average Bonchev–Trinajstić information content (AvgIpc) is 2.90. The number of alkyl halides is 1. The van der Waals surface area contributed by atoms with Crippen molar-refractivity contribution in [3.8, 4) is 0 Å². The molecule has 0 aliphatic rings. The number of hydrogen-bond donors (Lipinski definition) is 1. The van der Waals surface area contributed by atoms with Gasteiger partial charge in [-0.05, 0) is 41.3 Å². The molecule has 0 atom stereocenters. The van der Waals surface area contributed by atoms with Crippen LogP contribution in [0.25, 0.3) is 10.1 Å². The highest BCUT2D eigenvalue weighted by Crippen LogP contribution is 2.27. The lowest BCUT2D eigenvalue weighted by atomic mass is 10.2. The number of halogens is 2. The van der Waals surface area contributed by atoms with Crippen LogP contribution in [0.15, 0.2) is 48.5 Å². The number of thiophene rings is 1. The predicted octanol–water partition coefficient (Wildman–Crippen LogP) is 5.19. The SMILES string of the molecule is O=C(Nc1cccc(CBr)c1)c1cc2ccc(F)cc2s1. The highest BCUT2D eigenvalue weighted by molar-refractivity contribution is 9.08. The van der Waals surface area contributed by atoms with Crippen molar-refractivity contribution in [1.29, 1.82) is 0 Å². The van der Waals surface area contributed by atoms with Gasteiger partial charge < -0.3 is 5.32 Å². The fourth-order valence-corrected chi connectivity index (χ4v) is 3.37. The number of carbonyl (C=O) groups excluding carboxylic acids is 1. The number of amides is 1. The minimum atomic E-state index is -0.290. The maximum atomic E-state index is 13.2. The van der Waals surface area contributed by atoms with Crippen LogP contribution < -0.4 is 5.32 Å². The summed E-state index contributed by atoms with van der Waals surface area (Å²) in [5, 5.41) is 4.48. The summed E-state index contributed by atoms with van der Waals surface area (Å²) in [7, 11) is 0. The zero-order chi connectivity index (χ0) is 14.8. The van der Waals surface area contributed by atoms with E-state index >= 15 is 0 Å². The van der Waals surface area contributed by atoms with E-state index < -0.39 is 0 Å². The first-order valence-electron chi connectivity index (χ1n) is 6.31. The van der Waals surface area contributed by atoms with Crippen LogP contribution in [0.5, 0.6) is 0 Å². The molecule has 1 heterocycles. The summed E-state index contributed by atoms with van der Waals surface area (Å²) in [5.74, 6) is -0.468. The summed E-state index contributed by atoms with van der Waals surface area (Å²) in [6.07, 6.45) is 0. The molecule has 0 aliphatic carbocycles. The molecule has 2 aromatic carbocycles. The molecule has 3 rings (SSSR count). The molecule has 5 heteroatoms. The largest absolute Gasteiger partial charge is 0.321 e. The number of rotatable bonds is 3. The molecule has 1 amide bonds. The minimum absolute atomic E-state index is 0.177. The molecule has 0 unspecified atom stereocenters. The molecule has 0 radical (unpaired) electrons. The standard InChI is InChI=1S/C16H11BrFNOS/c17-9-10-2-1-3-13(6-10)19-16(20)15-7-11-4-5-12(18)8-14(11)21-15/h1-8H,9H2,(H,19,20). The van der Waals surface area contributed by atoms with Crippen LogP contribution in [0.4, 0.5) is 10.1 Å². The molecular formula is C16H11BrFNOS. The van der Waals surface area contributed by atoms with Crippen molar-refractivity contribution >= 4 is 48.9 Å². The van der Waals surface area contributed by atoms with Crippen molar-refractivity contribution in [3.63, 3.8) is 0 Å². The lowest BCUT2D eigenvalue weighted by Gasteiger charge is -2.04. The second-order valence-corrected chi connectivity index (χ2v) is 6.23. The first-order chi connectivity index (χ1) is 10.2. The normalized spacial score (nSPS) is 10.8. The summed E-state index contributed by atoms with van der Waals surface area (Å²) in [4.78, 5) is 12.8. The van der Waals surface area contributed by atoms with E-state index in [2.05, 4.69) is 21.2 Å². The average molecular weight is 364 g/mol. The van der Waals surface area contributed by atoms with Crippen molar-refractivity contribution in [1.82, 2.24) is 0 Å². The van der Waals surface area contributed by atoms with E-state index in [1.165, 1.54) is 23.5 Å². The van der Waals surface area contributed by atoms with E-state index in [0.29, 0.717) is 4.88 Å². The fourth-order valence-electron chi connectivity index (χ4n) is 2.04. The Morgan fingerprint density at radius 2 is 2.05 bits per heavy atom. The minimum Gasteiger partial charge on any atom is -0.321 e. The Morgan fingerprint density at radius 1 is 1.19 bits per heavy atom. The molecule has 0 saturated heterocycles. The molecule has 2 nitrogen and oxygen atoms in total. The van der Waals surface area contributed by atoms with Gasteiger partial charge in [0.15, 0.2) is 0 Å². The summed E-state index contributed by atoms with van der Waals surface area (Å²) in [6, 6.07) is 13.9. The van der Waals surface area contributed by atoms with Gasteiger partial charge in [-0.1, -0.05) is 34.1 Å². The topological polar surface area (TPSA) is 29.1 Å². The predicted molar refractivity (Wildman–Crippen MR) is 88.8 cm³/mol. The van der Waals surface area contributed by atoms with Gasteiger partial charge >= 0.3 is 0 Å². The first kappa shape index (κ1) is 14.2. The maximum Gasteiger partial charge on any atom is 0.265 e. The molecule has 0 aliphatic heterocycles. The quantitative estimate of drug-likeness (QED) is 0.637. The van der Waals surface area contributed by atoms with Crippen molar-refractivity contribution in [3.05, 3.63) is 64.8 Å². The third-order valence-corrected chi connectivity index (χ3v) is 4.79. The molecule has 0 saturated carbocycles. The van der Waals surface area contributed by atoms with Crippen molar-refractivity contribution in [2.75, 3.05) is 5.32 Å². The molecule has 1 N–H and O–H groups in total. The number of anilines is 1. The summed E-state index contributed by atoms with van der Waals surface area (Å²) in [5.41, 5.74) is 1.84. The lowest BCUT2D eigenvalue weighted by Crippen LogP contribution is -2.10.